The van der Waals surface area contributed by atoms with Crippen molar-refractivity contribution in [1.29, 1.82) is 0 Å². The number of ether oxygens (including phenoxy) is 1. The fourth-order valence-corrected chi connectivity index (χ4v) is 5.48. The Morgan fingerprint density at radius 2 is 1.82 bits per heavy atom. The van der Waals surface area contributed by atoms with Gasteiger partial charge in [-0.1, -0.05) is 57.8 Å². The Morgan fingerprint density at radius 1 is 1.21 bits per heavy atom. The van der Waals surface area contributed by atoms with Crippen LogP contribution in [0.5, 0.6) is 0 Å². The molecule has 0 aromatic rings. The molecule has 0 heterocycles. The lowest BCUT2D eigenvalue weighted by Crippen LogP contribution is -2.43. The number of carbonyl (C=O) groups is 2. The number of carbonyl (C=O) groups excluding carboxylic acids is 2. The van der Waals surface area contributed by atoms with Gasteiger partial charge in [0.15, 0.2) is 14.1 Å². The minimum absolute atomic E-state index is 0.0921. The zero-order valence-corrected chi connectivity index (χ0v) is 21.1. The Morgan fingerprint density at radius 3 is 2.32 bits per heavy atom. The van der Waals surface area contributed by atoms with E-state index in [-0.39, 0.29) is 22.9 Å². The van der Waals surface area contributed by atoms with Crippen LogP contribution in [-0.4, -0.2) is 41.4 Å². The first-order valence-corrected chi connectivity index (χ1v) is 16.4. The summed E-state index contributed by atoms with van der Waals surface area (Å²) < 4.78 is 11.1. The number of hydrogen-bond acceptors (Lipinski definition) is 4. The first kappa shape index (κ1) is 24.8. The van der Waals surface area contributed by atoms with Gasteiger partial charge in [0.1, 0.15) is 0 Å². The third-order valence-electron chi connectivity index (χ3n) is 5.68. The maximum atomic E-state index is 12.6. The van der Waals surface area contributed by atoms with Gasteiger partial charge in [0, 0.05) is 12.5 Å². The second-order valence-electron chi connectivity index (χ2n) is 10.1. The SMILES string of the molecule is COC(=O)/C=C/C/C=C(/CC1=C[C@H](O[Si](C)(C)C(C)(C)C)CC1=O)[Si](C)(C)C. The Kier molecular flexibility index (Phi) is 8.41. The van der Waals surface area contributed by atoms with Crippen molar-refractivity contribution < 1.29 is 18.8 Å². The Hall–Kier alpha value is -1.25. The van der Waals surface area contributed by atoms with Gasteiger partial charge in [0.2, 0.25) is 0 Å². The Balaban J connectivity index is 2.92. The summed E-state index contributed by atoms with van der Waals surface area (Å²) in [6.45, 7) is 18.0. The maximum absolute atomic E-state index is 12.6. The van der Waals surface area contributed by atoms with Gasteiger partial charge in [0.25, 0.3) is 0 Å². The molecule has 1 atom stereocenters. The van der Waals surface area contributed by atoms with E-state index in [2.05, 4.69) is 70.4 Å². The molecule has 1 aliphatic rings. The predicted molar refractivity (Wildman–Crippen MR) is 122 cm³/mol. The molecule has 28 heavy (non-hydrogen) atoms. The summed E-state index contributed by atoms with van der Waals surface area (Å²) in [5, 5.41) is 1.46. The van der Waals surface area contributed by atoms with Crippen molar-refractivity contribution in [2.75, 3.05) is 7.11 Å². The average Bonchev–Trinajstić information content (AvgIpc) is 2.86. The van der Waals surface area contributed by atoms with Crippen LogP contribution < -0.4 is 0 Å². The molecule has 0 radical (unpaired) electrons. The van der Waals surface area contributed by atoms with Gasteiger partial charge in [-0.05, 0) is 42.6 Å². The zero-order chi connectivity index (χ0) is 21.8. The van der Waals surface area contributed by atoms with Crippen LogP contribution in [0.2, 0.25) is 37.8 Å². The molecule has 0 saturated carbocycles. The summed E-state index contributed by atoms with van der Waals surface area (Å²) in [5.41, 5.74) is 0.884. The van der Waals surface area contributed by atoms with E-state index >= 15 is 0 Å². The highest BCUT2D eigenvalue weighted by Crippen LogP contribution is 2.39. The van der Waals surface area contributed by atoms with Crippen LogP contribution in [0.25, 0.3) is 0 Å². The quantitative estimate of drug-likeness (QED) is 0.291. The van der Waals surface area contributed by atoms with Crippen molar-refractivity contribution in [2.24, 2.45) is 0 Å². The largest absolute Gasteiger partial charge is 0.466 e. The van der Waals surface area contributed by atoms with E-state index < -0.39 is 16.4 Å². The van der Waals surface area contributed by atoms with Crippen molar-refractivity contribution in [1.82, 2.24) is 0 Å². The number of Topliss-reactive ketones (excluding diaryl/α,β-unsaturated/α-hetero) is 1. The van der Waals surface area contributed by atoms with E-state index in [1.54, 1.807) is 6.08 Å². The molecule has 0 unspecified atom stereocenters. The number of esters is 1. The van der Waals surface area contributed by atoms with Gasteiger partial charge >= 0.3 is 5.97 Å². The van der Waals surface area contributed by atoms with Crippen molar-refractivity contribution in [3.05, 3.63) is 35.1 Å². The summed E-state index contributed by atoms with van der Waals surface area (Å²) in [5.74, 6) is -0.139. The summed E-state index contributed by atoms with van der Waals surface area (Å²) in [4.78, 5) is 23.8. The number of rotatable bonds is 8. The van der Waals surface area contributed by atoms with Crippen LogP contribution in [0.3, 0.4) is 0 Å². The molecule has 0 bridgehead atoms. The maximum Gasteiger partial charge on any atom is 0.330 e. The molecule has 0 aromatic heterocycles. The molecule has 1 aliphatic carbocycles. The van der Waals surface area contributed by atoms with Crippen LogP contribution in [-0.2, 0) is 18.8 Å². The van der Waals surface area contributed by atoms with Crippen molar-refractivity contribution in [3.63, 3.8) is 0 Å². The molecule has 0 fully saturated rings. The zero-order valence-electron chi connectivity index (χ0n) is 19.1. The molecule has 0 aliphatic heterocycles. The van der Waals surface area contributed by atoms with Gasteiger partial charge < -0.3 is 9.16 Å². The lowest BCUT2D eigenvalue weighted by atomic mass is 10.1. The van der Waals surface area contributed by atoms with Crippen LogP contribution >= 0.6 is 0 Å². The monoisotopic (exact) mass is 422 g/mol. The van der Waals surface area contributed by atoms with Crippen molar-refractivity contribution >= 4 is 28.1 Å². The molecule has 6 heteroatoms. The topological polar surface area (TPSA) is 52.6 Å². The molecule has 4 nitrogen and oxygen atoms in total. The van der Waals surface area contributed by atoms with E-state index in [0.717, 1.165) is 5.57 Å². The van der Waals surface area contributed by atoms with E-state index in [1.165, 1.54) is 18.4 Å². The number of hydrogen-bond donors (Lipinski definition) is 0. The normalized spacial score (nSPS) is 19.3. The van der Waals surface area contributed by atoms with Crippen LogP contribution in [0, 0.1) is 0 Å². The van der Waals surface area contributed by atoms with E-state index in [4.69, 9.17) is 4.43 Å². The van der Waals surface area contributed by atoms with Gasteiger partial charge in [-0.3, -0.25) is 4.79 Å². The third kappa shape index (κ3) is 7.30. The molecule has 0 aromatic carbocycles. The lowest BCUT2D eigenvalue weighted by molar-refractivity contribution is -0.134. The molecular formula is C22H38O4Si2. The average molecular weight is 423 g/mol. The second kappa shape index (κ2) is 9.50. The minimum Gasteiger partial charge on any atom is -0.466 e. The summed E-state index contributed by atoms with van der Waals surface area (Å²) in [6, 6.07) is 0. The molecule has 0 spiro atoms. The van der Waals surface area contributed by atoms with E-state index in [0.29, 0.717) is 19.3 Å². The minimum atomic E-state index is -1.90. The number of ketones is 1. The Labute approximate surface area is 173 Å². The molecular weight excluding hydrogens is 384 g/mol. The predicted octanol–water partition coefficient (Wildman–Crippen LogP) is 5.59. The number of methoxy groups -OCH3 is 1. The van der Waals surface area contributed by atoms with Gasteiger partial charge in [0.05, 0.1) is 21.3 Å². The highest BCUT2D eigenvalue weighted by atomic mass is 28.4. The summed E-state index contributed by atoms with van der Waals surface area (Å²) >= 11 is 0. The first-order chi connectivity index (χ1) is 12.7. The first-order valence-electron chi connectivity index (χ1n) is 10.0. The van der Waals surface area contributed by atoms with Crippen LogP contribution in [0.15, 0.2) is 35.1 Å². The molecule has 0 amide bonds. The summed E-state index contributed by atoms with van der Waals surface area (Å²) in [7, 11) is -2.11. The fourth-order valence-electron chi connectivity index (χ4n) is 2.77. The number of allylic oxidation sites excluding steroid dienone is 4. The molecule has 0 saturated heterocycles. The van der Waals surface area contributed by atoms with Crippen LogP contribution in [0.4, 0.5) is 0 Å². The lowest BCUT2D eigenvalue weighted by Gasteiger charge is -2.37. The van der Waals surface area contributed by atoms with Gasteiger partial charge in [-0.2, -0.15) is 0 Å². The van der Waals surface area contributed by atoms with Crippen LogP contribution in [0.1, 0.15) is 40.0 Å². The summed E-state index contributed by atoms with van der Waals surface area (Å²) in [6.07, 6.45) is 9.21. The Bertz CT molecular complexity index is 674. The molecule has 0 N–H and O–H groups in total. The second-order valence-corrected chi connectivity index (χ2v) is 20.0. The smallest absolute Gasteiger partial charge is 0.330 e. The van der Waals surface area contributed by atoms with E-state index in [1.807, 2.05) is 0 Å². The molecule has 1 rings (SSSR count). The highest BCUT2D eigenvalue weighted by molar-refractivity contribution is 6.83. The van der Waals surface area contributed by atoms with Crippen molar-refractivity contribution in [2.45, 2.75) is 83.9 Å². The highest BCUT2D eigenvalue weighted by Gasteiger charge is 2.40. The van der Waals surface area contributed by atoms with Gasteiger partial charge in [-0.15, -0.1) is 0 Å². The standard InChI is InChI=1S/C22H38O4Si2/c1-22(2,3)28(8,9)26-18-14-17(20(23)16-18)15-19(27(5,6)7)12-10-11-13-21(24)25-4/h11-14,18H,10,15-16H2,1-9H3/b13-11+,19-12-/t18-/m0/s1. The van der Waals surface area contributed by atoms with Gasteiger partial charge in [-0.25, -0.2) is 4.79 Å². The molecule has 158 valence electrons. The van der Waals surface area contributed by atoms with Crippen molar-refractivity contribution in [3.8, 4) is 0 Å². The van der Waals surface area contributed by atoms with E-state index in [9.17, 15) is 9.59 Å². The fraction of sp³-hybridized carbons (Fsp3) is 0.636. The third-order valence-corrected chi connectivity index (χ3v) is 12.5.